The monoisotopic (exact) mass is 439 g/mol. The van der Waals surface area contributed by atoms with Gasteiger partial charge in [0, 0.05) is 11.1 Å². The molecule has 0 unspecified atom stereocenters. The van der Waals surface area contributed by atoms with Gasteiger partial charge in [0.05, 0.1) is 6.54 Å². The molecule has 0 saturated heterocycles. The molecule has 0 radical (unpaired) electrons. The largest absolute Gasteiger partial charge is 0.492 e. The summed E-state index contributed by atoms with van der Waals surface area (Å²) in [5.74, 6) is -1.81. The van der Waals surface area contributed by atoms with Gasteiger partial charge in [-0.2, -0.15) is 13.2 Å². The Hall–Kier alpha value is -3.56. The van der Waals surface area contributed by atoms with Gasteiger partial charge in [-0.15, -0.1) is 0 Å². The fourth-order valence-electron chi connectivity index (χ4n) is 2.21. The van der Waals surface area contributed by atoms with Gasteiger partial charge in [-0.1, -0.05) is 38.1 Å². The fraction of sp³-hybridized carbons (Fsp3) is 0.286. The number of carboxylic acids is 1. The second kappa shape index (κ2) is 11.6. The summed E-state index contributed by atoms with van der Waals surface area (Å²) in [6.45, 7) is 4.98. The lowest BCUT2D eigenvalue weighted by atomic mass is 10.0. The van der Waals surface area contributed by atoms with Crippen molar-refractivity contribution < 1.29 is 32.6 Å². The molecule has 0 fully saturated rings. The van der Waals surface area contributed by atoms with Crippen molar-refractivity contribution in [3.8, 4) is 5.75 Å². The Kier molecular flexibility index (Phi) is 9.52. The van der Waals surface area contributed by atoms with E-state index in [4.69, 9.17) is 25.8 Å². The molecular formula is C21H24F3N3O4. The number of carbonyl (C=O) groups excluding carboxylic acids is 1. The number of nitrogen functional groups attached to an aromatic ring is 1. The lowest BCUT2D eigenvalue weighted by Crippen LogP contribution is -2.28. The molecule has 0 aliphatic rings. The number of nitrogens with two attached hydrogens (primary N) is 1. The Morgan fingerprint density at radius 1 is 1.13 bits per heavy atom. The topological polar surface area (TPSA) is 126 Å². The Balaban J connectivity index is 0.000000592. The van der Waals surface area contributed by atoms with Gasteiger partial charge in [-0.25, -0.2) is 4.79 Å². The van der Waals surface area contributed by atoms with Crippen LogP contribution in [0, 0.1) is 5.41 Å². The number of aliphatic carboxylic acids is 1. The molecule has 1 amide bonds. The van der Waals surface area contributed by atoms with E-state index >= 15 is 0 Å². The van der Waals surface area contributed by atoms with Crippen LogP contribution in [0.25, 0.3) is 0 Å². The lowest BCUT2D eigenvalue weighted by molar-refractivity contribution is -0.192. The van der Waals surface area contributed by atoms with Crippen LogP contribution in [-0.4, -0.2) is 42.1 Å². The zero-order valence-corrected chi connectivity index (χ0v) is 17.0. The predicted octanol–water partition coefficient (Wildman–Crippen LogP) is 3.54. The SMILES string of the molecule is CC(C)c1ccc(C(=O)NCCOc2cccc(C(=N)N)c2)cc1.O=C(O)C(F)(F)F. The van der Waals surface area contributed by atoms with E-state index in [1.807, 2.05) is 24.3 Å². The Bertz CT molecular complexity index is 897. The molecular weight excluding hydrogens is 415 g/mol. The molecule has 2 aromatic carbocycles. The first kappa shape index (κ1) is 25.5. The molecule has 0 aromatic heterocycles. The molecule has 2 rings (SSSR count). The number of ether oxygens (including phenoxy) is 1. The van der Waals surface area contributed by atoms with Gasteiger partial charge in [0.2, 0.25) is 0 Å². The number of amidine groups is 1. The molecule has 0 aliphatic carbocycles. The maximum Gasteiger partial charge on any atom is 0.490 e. The minimum absolute atomic E-state index is 0.00130. The van der Waals surface area contributed by atoms with Gasteiger partial charge < -0.3 is 20.9 Å². The van der Waals surface area contributed by atoms with E-state index in [0.29, 0.717) is 35.9 Å². The van der Waals surface area contributed by atoms with Crippen LogP contribution in [0.1, 0.15) is 41.3 Å². The van der Waals surface area contributed by atoms with Gasteiger partial charge in [0.25, 0.3) is 5.91 Å². The number of benzene rings is 2. The molecule has 0 saturated carbocycles. The summed E-state index contributed by atoms with van der Waals surface area (Å²) in [4.78, 5) is 21.0. The number of halogens is 3. The average Bonchev–Trinajstić information content (AvgIpc) is 2.71. The summed E-state index contributed by atoms with van der Waals surface area (Å²) in [5, 5.41) is 17.4. The van der Waals surface area contributed by atoms with E-state index in [9.17, 15) is 18.0 Å². The first-order valence-corrected chi connectivity index (χ1v) is 9.17. The van der Waals surface area contributed by atoms with Gasteiger partial charge >= 0.3 is 12.1 Å². The molecule has 5 N–H and O–H groups in total. The van der Waals surface area contributed by atoms with Crippen LogP contribution in [-0.2, 0) is 4.79 Å². The molecule has 31 heavy (non-hydrogen) atoms. The first-order chi connectivity index (χ1) is 14.4. The maximum absolute atomic E-state index is 12.1. The van der Waals surface area contributed by atoms with Crippen LogP contribution in [0.2, 0.25) is 0 Å². The number of amides is 1. The number of hydrogen-bond acceptors (Lipinski definition) is 4. The molecule has 168 valence electrons. The quantitative estimate of drug-likeness (QED) is 0.298. The standard InChI is InChI=1S/C19H23N3O2.C2HF3O2/c1-13(2)14-6-8-15(9-7-14)19(23)22-10-11-24-17-5-3-4-16(12-17)18(20)21;3-2(4,5)1(6)7/h3-9,12-13H,10-11H2,1-2H3,(H3,20,21)(H,22,23);(H,6,7). The van der Waals surface area contributed by atoms with Crippen molar-refractivity contribution in [3.63, 3.8) is 0 Å². The third-order valence-corrected chi connectivity index (χ3v) is 3.88. The first-order valence-electron chi connectivity index (χ1n) is 9.17. The molecule has 0 atom stereocenters. The van der Waals surface area contributed by atoms with Crippen molar-refractivity contribution >= 4 is 17.7 Å². The van der Waals surface area contributed by atoms with Crippen LogP contribution in [0.5, 0.6) is 5.75 Å². The van der Waals surface area contributed by atoms with Gasteiger partial charge in [0.15, 0.2) is 0 Å². The highest BCUT2D eigenvalue weighted by Gasteiger charge is 2.38. The summed E-state index contributed by atoms with van der Waals surface area (Å²) in [7, 11) is 0. The summed E-state index contributed by atoms with van der Waals surface area (Å²) in [5.41, 5.74) is 7.90. The van der Waals surface area contributed by atoms with Crippen molar-refractivity contribution in [2.45, 2.75) is 25.9 Å². The number of carboxylic acid groups (broad SMARTS) is 1. The lowest BCUT2D eigenvalue weighted by Gasteiger charge is -2.10. The van der Waals surface area contributed by atoms with E-state index in [1.54, 1.807) is 24.3 Å². The van der Waals surface area contributed by atoms with Crippen LogP contribution >= 0.6 is 0 Å². The average molecular weight is 439 g/mol. The molecule has 10 heteroatoms. The minimum atomic E-state index is -5.08. The molecule has 0 spiro atoms. The van der Waals surface area contributed by atoms with Crippen LogP contribution in [0.3, 0.4) is 0 Å². The second-order valence-corrected chi connectivity index (χ2v) is 6.63. The molecule has 7 nitrogen and oxygen atoms in total. The Morgan fingerprint density at radius 3 is 2.19 bits per heavy atom. The third-order valence-electron chi connectivity index (χ3n) is 3.88. The van der Waals surface area contributed by atoms with E-state index in [-0.39, 0.29) is 11.7 Å². The minimum Gasteiger partial charge on any atom is -0.492 e. The Morgan fingerprint density at radius 2 is 1.71 bits per heavy atom. The van der Waals surface area contributed by atoms with Crippen molar-refractivity contribution in [2.75, 3.05) is 13.2 Å². The van der Waals surface area contributed by atoms with E-state index in [0.717, 1.165) is 0 Å². The Labute approximate surface area is 177 Å². The second-order valence-electron chi connectivity index (χ2n) is 6.63. The van der Waals surface area contributed by atoms with Crippen molar-refractivity contribution in [3.05, 3.63) is 65.2 Å². The molecule has 2 aromatic rings. The number of rotatable bonds is 7. The third kappa shape index (κ3) is 9.20. The molecule has 0 heterocycles. The number of nitrogens with one attached hydrogen (secondary N) is 2. The van der Waals surface area contributed by atoms with Crippen molar-refractivity contribution in [1.29, 1.82) is 5.41 Å². The fourth-order valence-corrected chi connectivity index (χ4v) is 2.21. The highest BCUT2D eigenvalue weighted by atomic mass is 19.4. The van der Waals surface area contributed by atoms with Crippen LogP contribution < -0.4 is 15.8 Å². The highest BCUT2D eigenvalue weighted by molar-refractivity contribution is 5.95. The van der Waals surface area contributed by atoms with Crippen LogP contribution in [0.4, 0.5) is 13.2 Å². The van der Waals surface area contributed by atoms with Crippen molar-refractivity contribution in [1.82, 2.24) is 5.32 Å². The van der Waals surface area contributed by atoms with Crippen LogP contribution in [0.15, 0.2) is 48.5 Å². The smallest absolute Gasteiger partial charge is 0.490 e. The van der Waals surface area contributed by atoms with Gasteiger partial charge in [-0.05, 0) is 35.7 Å². The summed E-state index contributed by atoms with van der Waals surface area (Å²) in [6.07, 6.45) is -5.08. The van der Waals surface area contributed by atoms with E-state index in [2.05, 4.69) is 19.2 Å². The van der Waals surface area contributed by atoms with E-state index < -0.39 is 12.1 Å². The molecule has 0 bridgehead atoms. The van der Waals surface area contributed by atoms with Gasteiger partial charge in [-0.3, -0.25) is 10.2 Å². The van der Waals surface area contributed by atoms with E-state index in [1.165, 1.54) is 5.56 Å². The maximum atomic E-state index is 12.1. The molecule has 0 aliphatic heterocycles. The number of carbonyl (C=O) groups is 2. The van der Waals surface area contributed by atoms with Gasteiger partial charge in [0.1, 0.15) is 18.2 Å². The van der Waals surface area contributed by atoms with Crippen molar-refractivity contribution in [2.24, 2.45) is 5.73 Å². The predicted molar refractivity (Wildman–Crippen MR) is 110 cm³/mol. The zero-order chi connectivity index (χ0) is 23.6. The number of hydrogen-bond donors (Lipinski definition) is 4. The summed E-state index contributed by atoms with van der Waals surface area (Å²) in [6, 6.07) is 14.6. The highest BCUT2D eigenvalue weighted by Crippen LogP contribution is 2.15. The summed E-state index contributed by atoms with van der Waals surface area (Å²) >= 11 is 0. The normalized spacial score (nSPS) is 10.6. The number of alkyl halides is 3. The summed E-state index contributed by atoms with van der Waals surface area (Å²) < 4.78 is 37.3. The zero-order valence-electron chi connectivity index (χ0n) is 17.0.